The fourth-order valence-electron chi connectivity index (χ4n) is 2.06. The smallest absolute Gasteiger partial charge is 0.266 e. The molecule has 0 unspecified atom stereocenters. The van der Waals surface area contributed by atoms with Gasteiger partial charge in [-0.2, -0.15) is 5.26 Å². The van der Waals surface area contributed by atoms with Crippen molar-refractivity contribution in [3.63, 3.8) is 0 Å². The number of nitrogens with one attached hydrogen (secondary N) is 1. The molecule has 2 rings (SSSR count). The van der Waals surface area contributed by atoms with Crippen LogP contribution in [0.5, 0.6) is 5.75 Å². The van der Waals surface area contributed by atoms with E-state index in [0.29, 0.717) is 11.3 Å². The molecular weight excluding hydrogens is 276 g/mol. The number of phenolic OH excluding ortho intramolecular Hbond substituents is 1. The van der Waals surface area contributed by atoms with Gasteiger partial charge in [-0.15, -0.1) is 0 Å². The van der Waals surface area contributed by atoms with Gasteiger partial charge in [0, 0.05) is 11.3 Å². The molecule has 4 heteroatoms. The number of benzene rings is 2. The van der Waals surface area contributed by atoms with Crippen molar-refractivity contribution in [2.24, 2.45) is 0 Å². The Kier molecular flexibility index (Phi) is 4.60. The van der Waals surface area contributed by atoms with Crippen molar-refractivity contribution in [1.29, 1.82) is 5.26 Å². The molecular formula is C18H16N2O2. The second kappa shape index (κ2) is 6.59. The molecule has 2 aromatic rings. The molecule has 0 aliphatic carbocycles. The van der Waals surface area contributed by atoms with E-state index in [1.807, 2.05) is 32.0 Å². The summed E-state index contributed by atoms with van der Waals surface area (Å²) in [6.45, 7) is 3.86. The van der Waals surface area contributed by atoms with E-state index in [0.717, 1.165) is 11.1 Å². The van der Waals surface area contributed by atoms with Crippen LogP contribution in [-0.4, -0.2) is 11.0 Å². The van der Waals surface area contributed by atoms with E-state index in [4.69, 9.17) is 0 Å². The lowest BCUT2D eigenvalue weighted by atomic mass is 10.1. The molecule has 0 fully saturated rings. The van der Waals surface area contributed by atoms with Crippen LogP contribution in [0.4, 0.5) is 5.69 Å². The maximum atomic E-state index is 12.2. The largest absolute Gasteiger partial charge is 0.507 e. The number of nitrogens with zero attached hydrogens (tertiary/aromatic N) is 1. The highest BCUT2D eigenvalue weighted by atomic mass is 16.3. The van der Waals surface area contributed by atoms with Crippen LogP contribution in [0, 0.1) is 25.2 Å². The molecule has 22 heavy (non-hydrogen) atoms. The molecule has 0 saturated heterocycles. The molecule has 0 aliphatic rings. The first-order chi connectivity index (χ1) is 10.5. The Morgan fingerprint density at radius 1 is 1.23 bits per heavy atom. The number of nitriles is 1. The number of aromatic hydroxyl groups is 1. The monoisotopic (exact) mass is 292 g/mol. The van der Waals surface area contributed by atoms with Gasteiger partial charge >= 0.3 is 0 Å². The van der Waals surface area contributed by atoms with Crippen molar-refractivity contribution in [2.75, 3.05) is 5.32 Å². The van der Waals surface area contributed by atoms with Gasteiger partial charge in [0.25, 0.3) is 5.91 Å². The average Bonchev–Trinajstić information content (AvgIpc) is 2.49. The zero-order valence-corrected chi connectivity index (χ0v) is 12.4. The quantitative estimate of drug-likeness (QED) is 0.671. The van der Waals surface area contributed by atoms with Gasteiger partial charge in [0.2, 0.25) is 0 Å². The van der Waals surface area contributed by atoms with E-state index >= 15 is 0 Å². The van der Waals surface area contributed by atoms with Crippen molar-refractivity contribution >= 4 is 17.7 Å². The maximum absolute atomic E-state index is 12.2. The summed E-state index contributed by atoms with van der Waals surface area (Å²) in [5.41, 5.74) is 3.04. The highest BCUT2D eigenvalue weighted by Crippen LogP contribution is 2.20. The van der Waals surface area contributed by atoms with Gasteiger partial charge in [-0.3, -0.25) is 4.79 Å². The molecule has 0 atom stereocenters. The average molecular weight is 292 g/mol. The van der Waals surface area contributed by atoms with Crippen molar-refractivity contribution in [1.82, 2.24) is 0 Å². The third-order valence-electron chi connectivity index (χ3n) is 3.23. The number of carbonyl (C=O) groups excluding carboxylic acids is 1. The third kappa shape index (κ3) is 3.53. The number of phenols is 1. The van der Waals surface area contributed by atoms with Crippen LogP contribution in [0.3, 0.4) is 0 Å². The summed E-state index contributed by atoms with van der Waals surface area (Å²) in [5.74, 6) is -0.479. The molecule has 0 aliphatic heterocycles. The number of hydrogen-bond acceptors (Lipinski definition) is 3. The minimum absolute atomic E-state index is 0.0227. The fourth-order valence-corrected chi connectivity index (χ4v) is 2.06. The first-order valence-corrected chi connectivity index (χ1v) is 6.79. The molecule has 4 nitrogen and oxygen atoms in total. The Labute approximate surface area is 129 Å². The van der Waals surface area contributed by atoms with Crippen molar-refractivity contribution in [3.05, 3.63) is 64.7 Å². The van der Waals surface area contributed by atoms with Gasteiger partial charge in [-0.1, -0.05) is 35.9 Å². The van der Waals surface area contributed by atoms with Crippen LogP contribution in [0.15, 0.2) is 48.0 Å². The van der Waals surface area contributed by atoms with Gasteiger partial charge < -0.3 is 10.4 Å². The van der Waals surface area contributed by atoms with Crippen molar-refractivity contribution < 1.29 is 9.90 Å². The zero-order chi connectivity index (χ0) is 16.1. The minimum atomic E-state index is -0.502. The predicted molar refractivity (Wildman–Crippen MR) is 86.2 cm³/mol. The lowest BCUT2D eigenvalue weighted by Crippen LogP contribution is -2.14. The number of amides is 1. The first-order valence-electron chi connectivity index (χ1n) is 6.79. The molecule has 0 saturated carbocycles. The first kappa shape index (κ1) is 15.3. The Hall–Kier alpha value is -3.06. The zero-order valence-electron chi connectivity index (χ0n) is 12.4. The molecule has 2 N–H and O–H groups in total. The van der Waals surface area contributed by atoms with E-state index in [1.54, 1.807) is 24.3 Å². The number of carbonyl (C=O) groups is 1. The molecule has 0 bridgehead atoms. The third-order valence-corrected chi connectivity index (χ3v) is 3.23. The molecule has 0 heterocycles. The molecule has 2 aromatic carbocycles. The number of anilines is 1. The summed E-state index contributed by atoms with van der Waals surface area (Å²) in [7, 11) is 0. The normalized spacial score (nSPS) is 10.9. The van der Waals surface area contributed by atoms with Gasteiger partial charge in [-0.25, -0.2) is 0 Å². The Bertz CT molecular complexity index is 786. The number of hydrogen-bond donors (Lipinski definition) is 2. The molecule has 0 spiro atoms. The Morgan fingerprint density at radius 2 is 1.95 bits per heavy atom. The van der Waals surface area contributed by atoms with Crippen LogP contribution < -0.4 is 5.32 Å². The number of para-hydroxylation sites is 1. The van der Waals surface area contributed by atoms with Gasteiger partial charge in [0.15, 0.2) is 0 Å². The van der Waals surface area contributed by atoms with E-state index in [-0.39, 0.29) is 11.3 Å². The van der Waals surface area contributed by atoms with E-state index in [9.17, 15) is 15.2 Å². The fraction of sp³-hybridized carbons (Fsp3) is 0.111. The van der Waals surface area contributed by atoms with Crippen LogP contribution in [-0.2, 0) is 4.79 Å². The van der Waals surface area contributed by atoms with E-state index in [2.05, 4.69) is 5.32 Å². The lowest BCUT2D eigenvalue weighted by molar-refractivity contribution is -0.112. The van der Waals surface area contributed by atoms with Crippen LogP contribution in [0.25, 0.3) is 6.08 Å². The number of rotatable bonds is 3. The van der Waals surface area contributed by atoms with Gasteiger partial charge in [-0.05, 0) is 37.6 Å². The van der Waals surface area contributed by atoms with E-state index < -0.39 is 5.91 Å². The minimum Gasteiger partial charge on any atom is -0.507 e. The predicted octanol–water partition coefficient (Wildman–Crippen LogP) is 3.55. The second-order valence-electron chi connectivity index (χ2n) is 5.00. The molecule has 0 aromatic heterocycles. The van der Waals surface area contributed by atoms with Gasteiger partial charge in [0.05, 0.1) is 0 Å². The van der Waals surface area contributed by atoms with Crippen molar-refractivity contribution in [2.45, 2.75) is 13.8 Å². The summed E-state index contributed by atoms with van der Waals surface area (Å²) in [4.78, 5) is 12.2. The van der Waals surface area contributed by atoms with Crippen LogP contribution >= 0.6 is 0 Å². The lowest BCUT2D eigenvalue weighted by Gasteiger charge is -2.08. The van der Waals surface area contributed by atoms with Crippen molar-refractivity contribution in [3.8, 4) is 11.8 Å². The molecule has 110 valence electrons. The summed E-state index contributed by atoms with van der Waals surface area (Å²) in [6.07, 6.45) is 1.37. The summed E-state index contributed by atoms with van der Waals surface area (Å²) < 4.78 is 0. The Balaban J connectivity index is 2.27. The second-order valence-corrected chi connectivity index (χ2v) is 5.00. The molecule has 1 amide bonds. The standard InChI is InChI=1S/C18H16N2O2/c1-12-7-8-16(13(2)9-12)20-18(22)15(11-19)10-14-5-3-4-6-17(14)21/h3-10,21H,1-2H3,(H,20,22). The highest BCUT2D eigenvalue weighted by Gasteiger charge is 2.11. The summed E-state index contributed by atoms with van der Waals surface area (Å²) >= 11 is 0. The van der Waals surface area contributed by atoms with Crippen LogP contribution in [0.1, 0.15) is 16.7 Å². The number of aryl methyl sites for hydroxylation is 2. The summed E-state index contributed by atoms with van der Waals surface area (Å²) in [5, 5.41) is 21.6. The van der Waals surface area contributed by atoms with E-state index in [1.165, 1.54) is 12.1 Å². The SMILES string of the molecule is Cc1ccc(NC(=O)C(C#N)=Cc2ccccc2O)c(C)c1. The Morgan fingerprint density at radius 3 is 2.59 bits per heavy atom. The maximum Gasteiger partial charge on any atom is 0.266 e. The van der Waals surface area contributed by atoms with Crippen LogP contribution in [0.2, 0.25) is 0 Å². The molecule has 0 radical (unpaired) electrons. The topological polar surface area (TPSA) is 73.1 Å². The summed E-state index contributed by atoms with van der Waals surface area (Å²) in [6, 6.07) is 14.1. The van der Waals surface area contributed by atoms with Gasteiger partial charge in [0.1, 0.15) is 17.4 Å². The highest BCUT2D eigenvalue weighted by molar-refractivity contribution is 6.10.